The largest absolute Gasteiger partial charge is 0.784 e. The Hall–Kier alpha value is -0.0800. The van der Waals surface area contributed by atoms with Gasteiger partial charge in [-0.2, -0.15) is 0 Å². The molecule has 0 amide bonds. The van der Waals surface area contributed by atoms with Crippen LogP contribution in [0.2, 0.25) is 0 Å². The van der Waals surface area contributed by atoms with Crippen LogP contribution in [0, 0.1) is 23.0 Å². The summed E-state index contributed by atoms with van der Waals surface area (Å²) in [6.07, 6.45) is 7.78. The van der Waals surface area contributed by atoms with Crippen molar-refractivity contribution in [2.75, 3.05) is 0 Å². The third kappa shape index (κ3) is 1.53. The van der Waals surface area contributed by atoms with Crippen LogP contribution in [0.4, 0.5) is 0 Å². The lowest BCUT2D eigenvalue weighted by Crippen LogP contribution is -2.62. The average Bonchev–Trinajstić information content (AvgIpc) is 2.12. The zero-order chi connectivity index (χ0) is 11.6. The summed E-state index contributed by atoms with van der Waals surface area (Å²) >= 11 is 0. The Kier molecular flexibility index (Phi) is 2.23. The van der Waals surface area contributed by atoms with Crippen LogP contribution in [0.5, 0.6) is 0 Å². The molecule has 2 heteroatoms. The molecule has 4 bridgehead atoms. The second-order valence-corrected chi connectivity index (χ2v) is 7.61. The van der Waals surface area contributed by atoms with E-state index < -0.39 is 0 Å². The maximum Gasteiger partial charge on any atom is 0.0102 e. The lowest BCUT2D eigenvalue weighted by molar-refractivity contribution is -0.0969. The van der Waals surface area contributed by atoms with Gasteiger partial charge in [0.2, 0.25) is 0 Å². The summed E-state index contributed by atoms with van der Waals surface area (Å²) in [5.74, 6) is 2.60. The van der Waals surface area contributed by atoms with Gasteiger partial charge >= 0.3 is 0 Å². The summed E-state index contributed by atoms with van der Waals surface area (Å²) in [6, 6.07) is 0. The first kappa shape index (κ1) is 11.0. The Labute approximate surface area is 99.0 Å². The highest BCUT2D eigenvalue weighted by atomic mass is 16.5. The van der Waals surface area contributed by atoms with Gasteiger partial charge in [0.1, 0.15) is 0 Å². The molecule has 0 unspecified atom stereocenters. The van der Waals surface area contributed by atoms with E-state index in [4.69, 9.17) is 0 Å². The minimum absolute atomic E-state index is 0.0208. The van der Waals surface area contributed by atoms with Crippen LogP contribution in [-0.2, 0) is 0 Å². The van der Waals surface area contributed by atoms with E-state index >= 15 is 0 Å². The van der Waals surface area contributed by atoms with Crippen LogP contribution in [0.3, 0.4) is 0 Å². The van der Waals surface area contributed by atoms with Crippen LogP contribution in [0.1, 0.15) is 59.3 Å². The predicted octanol–water partition coefficient (Wildman–Crippen LogP) is 3.55. The number of hydrogen-bond acceptors (Lipinski definition) is 2. The first-order valence-electron chi connectivity index (χ1n) is 6.86. The number of nitrogens with zero attached hydrogens (tertiary/aromatic N) is 1. The molecule has 92 valence electrons. The molecule has 2 nitrogen and oxygen atoms in total. The molecule has 16 heavy (non-hydrogen) atoms. The maximum atomic E-state index is 12.6. The molecule has 0 aromatic heterocycles. The molecule has 4 saturated carbocycles. The minimum Gasteiger partial charge on any atom is -0.784 e. The predicted molar refractivity (Wildman–Crippen MR) is 65.9 cm³/mol. The van der Waals surface area contributed by atoms with Crippen molar-refractivity contribution in [3.05, 3.63) is 5.21 Å². The Bertz CT molecular complexity index is 256. The van der Waals surface area contributed by atoms with Crippen molar-refractivity contribution >= 4 is 0 Å². The molecule has 0 atom stereocenters. The smallest absolute Gasteiger partial charge is 0.0102 e. The van der Waals surface area contributed by atoms with Crippen molar-refractivity contribution < 1.29 is 0 Å². The van der Waals surface area contributed by atoms with Gasteiger partial charge in [-0.05, 0) is 77.0 Å². The lowest BCUT2D eigenvalue weighted by Gasteiger charge is -2.66. The topological polar surface area (TPSA) is 26.3 Å². The molecule has 0 aliphatic heterocycles. The van der Waals surface area contributed by atoms with E-state index in [9.17, 15) is 5.21 Å². The van der Waals surface area contributed by atoms with E-state index in [0.717, 1.165) is 17.8 Å². The lowest BCUT2D eigenvalue weighted by atomic mass is 9.52. The Morgan fingerprint density at radius 3 is 1.62 bits per heavy atom. The van der Waals surface area contributed by atoms with Gasteiger partial charge in [-0.1, -0.05) is 0 Å². The summed E-state index contributed by atoms with van der Waals surface area (Å²) in [7, 11) is 0. The van der Waals surface area contributed by atoms with Crippen molar-refractivity contribution in [3.63, 3.8) is 0 Å². The summed E-state index contributed by atoms with van der Waals surface area (Å²) in [5.41, 5.74) is -0.196. The van der Waals surface area contributed by atoms with Gasteiger partial charge < -0.3 is 10.3 Å². The molecule has 0 N–H and O–H groups in total. The molecular formula is C14H24NO-. The molecule has 0 radical (unpaired) electrons. The summed E-state index contributed by atoms with van der Waals surface area (Å²) in [5, 5.41) is 14.1. The second-order valence-electron chi connectivity index (χ2n) is 7.61. The maximum absolute atomic E-state index is 12.6. The van der Waals surface area contributed by atoms with E-state index in [1.807, 2.05) is 0 Å². The van der Waals surface area contributed by atoms with Gasteiger partial charge in [-0.3, -0.25) is 0 Å². The summed E-state index contributed by atoms with van der Waals surface area (Å²) in [6.45, 7) is 6.20. The van der Waals surface area contributed by atoms with E-state index in [-0.39, 0.29) is 11.1 Å². The second kappa shape index (κ2) is 3.23. The SMILES string of the molecule is CC(C)(C)N([O-])C12CC3CC(CC(C3)C1)C2. The number of hydroxylamine groups is 2. The highest BCUT2D eigenvalue weighted by Crippen LogP contribution is 2.58. The van der Waals surface area contributed by atoms with Crippen molar-refractivity contribution in [2.45, 2.75) is 70.4 Å². The van der Waals surface area contributed by atoms with Crippen molar-refractivity contribution in [1.29, 1.82) is 0 Å². The van der Waals surface area contributed by atoms with Gasteiger partial charge in [-0.15, -0.1) is 0 Å². The fourth-order valence-electron chi connectivity index (χ4n) is 5.03. The minimum atomic E-state index is -0.217. The van der Waals surface area contributed by atoms with Crippen molar-refractivity contribution in [3.8, 4) is 0 Å². The third-order valence-corrected chi connectivity index (χ3v) is 5.05. The van der Waals surface area contributed by atoms with Crippen molar-refractivity contribution in [1.82, 2.24) is 5.06 Å². The fraction of sp³-hybridized carbons (Fsp3) is 1.00. The van der Waals surface area contributed by atoms with E-state index in [1.54, 1.807) is 0 Å². The Balaban J connectivity index is 1.88. The van der Waals surface area contributed by atoms with E-state index in [0.29, 0.717) is 0 Å². The molecule has 0 aromatic rings. The first-order valence-corrected chi connectivity index (χ1v) is 6.86. The van der Waals surface area contributed by atoms with Crippen LogP contribution in [0.25, 0.3) is 0 Å². The molecule has 4 aliphatic carbocycles. The molecule has 4 rings (SSSR count). The molecule has 0 aromatic carbocycles. The van der Waals surface area contributed by atoms with Crippen LogP contribution < -0.4 is 0 Å². The third-order valence-electron chi connectivity index (χ3n) is 5.05. The zero-order valence-electron chi connectivity index (χ0n) is 10.8. The van der Waals surface area contributed by atoms with Gasteiger partial charge in [0.05, 0.1) is 0 Å². The summed E-state index contributed by atoms with van der Waals surface area (Å²) in [4.78, 5) is 0. The Morgan fingerprint density at radius 2 is 1.31 bits per heavy atom. The zero-order valence-corrected chi connectivity index (χ0v) is 10.8. The normalized spacial score (nSPS) is 46.7. The quantitative estimate of drug-likeness (QED) is 0.634. The Morgan fingerprint density at radius 1 is 0.938 bits per heavy atom. The highest BCUT2D eigenvalue weighted by molar-refractivity contribution is 5.09. The molecule has 0 spiro atoms. The standard InChI is InChI=1S/C14H24NO/c1-13(2,3)15(16)14-7-10-4-11(8-14)6-12(5-10)9-14/h10-12H,4-9H2,1-3H3/q-1. The number of hydrogen-bond donors (Lipinski definition) is 0. The summed E-state index contributed by atoms with van der Waals surface area (Å²) < 4.78 is 0. The van der Waals surface area contributed by atoms with Crippen LogP contribution in [0.15, 0.2) is 0 Å². The molecule has 4 fully saturated rings. The van der Waals surface area contributed by atoms with Crippen LogP contribution in [-0.4, -0.2) is 16.1 Å². The van der Waals surface area contributed by atoms with Gasteiger partial charge in [0.25, 0.3) is 0 Å². The monoisotopic (exact) mass is 222 g/mol. The highest BCUT2D eigenvalue weighted by Gasteiger charge is 2.52. The molecule has 4 aliphatic rings. The van der Waals surface area contributed by atoms with Crippen LogP contribution >= 0.6 is 0 Å². The van der Waals surface area contributed by atoms with E-state index in [2.05, 4.69) is 20.8 Å². The van der Waals surface area contributed by atoms with Crippen molar-refractivity contribution in [2.24, 2.45) is 17.8 Å². The average molecular weight is 222 g/mol. The molecule has 0 heterocycles. The van der Waals surface area contributed by atoms with Gasteiger partial charge in [0, 0.05) is 11.1 Å². The molecular weight excluding hydrogens is 198 g/mol. The molecule has 0 saturated heterocycles. The van der Waals surface area contributed by atoms with E-state index in [1.165, 1.54) is 43.6 Å². The fourth-order valence-corrected chi connectivity index (χ4v) is 5.03. The number of rotatable bonds is 1. The first-order chi connectivity index (χ1) is 7.39. The van der Waals surface area contributed by atoms with Gasteiger partial charge in [0.15, 0.2) is 0 Å². The van der Waals surface area contributed by atoms with Gasteiger partial charge in [-0.25, -0.2) is 0 Å².